The molecule has 0 aliphatic rings. The summed E-state index contributed by atoms with van der Waals surface area (Å²) in [6, 6.07) is 2.53. The zero-order valence-corrected chi connectivity index (χ0v) is 12.2. The molecule has 0 aliphatic carbocycles. The lowest BCUT2D eigenvalue weighted by molar-refractivity contribution is 0.153. The number of benzene rings is 1. The van der Waals surface area contributed by atoms with Crippen LogP contribution in [0, 0.1) is 0 Å². The highest BCUT2D eigenvalue weighted by molar-refractivity contribution is 7.89. The van der Waals surface area contributed by atoms with Crippen LogP contribution in [0.25, 0.3) is 0 Å². The second-order valence-electron chi connectivity index (χ2n) is 3.65. The van der Waals surface area contributed by atoms with Crippen LogP contribution in [-0.2, 0) is 16.6 Å². The van der Waals surface area contributed by atoms with E-state index in [0.29, 0.717) is 17.1 Å². The van der Waals surface area contributed by atoms with Gasteiger partial charge in [-0.1, -0.05) is 23.2 Å². The molecule has 0 bridgehead atoms. The van der Waals surface area contributed by atoms with Gasteiger partial charge < -0.3 is 5.32 Å². The maximum Gasteiger partial charge on any atom is 0.251 e. The molecular formula is C10H12Cl2F2N2O2S. The summed E-state index contributed by atoms with van der Waals surface area (Å²) in [7, 11) is -2.43. The van der Waals surface area contributed by atoms with Gasteiger partial charge in [-0.3, -0.25) is 0 Å². The Morgan fingerprint density at radius 2 is 1.89 bits per heavy atom. The number of hydrogen-bond acceptors (Lipinski definition) is 3. The van der Waals surface area contributed by atoms with E-state index in [1.807, 2.05) is 0 Å². The first-order valence-corrected chi connectivity index (χ1v) is 7.42. The molecule has 1 aromatic carbocycles. The van der Waals surface area contributed by atoms with Gasteiger partial charge in [-0.2, -0.15) is 0 Å². The Labute approximate surface area is 120 Å². The molecule has 0 radical (unpaired) electrons. The third-order valence-corrected chi connectivity index (χ3v) is 4.43. The summed E-state index contributed by atoms with van der Waals surface area (Å²) in [6.45, 7) is -0.643. The van der Waals surface area contributed by atoms with Gasteiger partial charge in [0.1, 0.15) is 4.90 Å². The SMILES string of the molecule is CNCc1cc(S(=O)(=O)NCC(F)F)c(Cl)cc1Cl. The Kier molecular flexibility index (Phi) is 5.94. The van der Waals surface area contributed by atoms with Crippen LogP contribution < -0.4 is 10.0 Å². The molecule has 4 nitrogen and oxygen atoms in total. The topological polar surface area (TPSA) is 58.2 Å². The quantitative estimate of drug-likeness (QED) is 0.840. The van der Waals surface area contributed by atoms with Gasteiger partial charge in [-0.05, 0) is 24.7 Å². The van der Waals surface area contributed by atoms with Crippen molar-refractivity contribution in [2.75, 3.05) is 13.6 Å². The molecule has 0 aliphatic heterocycles. The molecule has 0 saturated heterocycles. The van der Waals surface area contributed by atoms with E-state index in [9.17, 15) is 17.2 Å². The van der Waals surface area contributed by atoms with Gasteiger partial charge in [0.2, 0.25) is 10.0 Å². The lowest BCUT2D eigenvalue weighted by Gasteiger charge is -2.11. The molecule has 108 valence electrons. The van der Waals surface area contributed by atoms with Crippen molar-refractivity contribution in [2.45, 2.75) is 17.9 Å². The summed E-state index contributed by atoms with van der Waals surface area (Å²) < 4.78 is 49.6. The fourth-order valence-corrected chi connectivity index (χ4v) is 3.22. The third-order valence-electron chi connectivity index (χ3n) is 2.19. The average Bonchev–Trinajstić information content (AvgIpc) is 2.30. The van der Waals surface area contributed by atoms with E-state index < -0.39 is 23.0 Å². The minimum absolute atomic E-state index is 0.119. The molecule has 0 fully saturated rings. The highest BCUT2D eigenvalue weighted by Crippen LogP contribution is 2.28. The molecule has 2 N–H and O–H groups in total. The summed E-state index contributed by atoms with van der Waals surface area (Å²) in [5.41, 5.74) is 0.506. The van der Waals surface area contributed by atoms with Crippen molar-refractivity contribution in [1.82, 2.24) is 10.0 Å². The minimum Gasteiger partial charge on any atom is -0.316 e. The van der Waals surface area contributed by atoms with E-state index in [-0.39, 0.29) is 9.92 Å². The highest BCUT2D eigenvalue weighted by atomic mass is 35.5. The Balaban J connectivity index is 3.15. The highest BCUT2D eigenvalue weighted by Gasteiger charge is 2.21. The van der Waals surface area contributed by atoms with Gasteiger partial charge in [-0.15, -0.1) is 0 Å². The summed E-state index contributed by atoms with van der Waals surface area (Å²) in [6.07, 6.45) is -2.78. The van der Waals surface area contributed by atoms with Gasteiger partial charge in [0, 0.05) is 11.6 Å². The summed E-state index contributed by atoms with van der Waals surface area (Å²) in [4.78, 5) is -0.274. The third kappa shape index (κ3) is 4.54. The van der Waals surface area contributed by atoms with Gasteiger partial charge in [0.15, 0.2) is 0 Å². The molecule has 1 rings (SSSR count). The maximum absolute atomic E-state index is 12.1. The smallest absolute Gasteiger partial charge is 0.251 e. The van der Waals surface area contributed by atoms with Gasteiger partial charge in [0.05, 0.1) is 11.6 Å². The predicted octanol–water partition coefficient (Wildman–Crippen LogP) is 2.26. The molecule has 0 aromatic heterocycles. The fraction of sp³-hybridized carbons (Fsp3) is 0.400. The van der Waals surface area contributed by atoms with E-state index in [4.69, 9.17) is 23.2 Å². The number of sulfonamides is 1. The van der Waals surface area contributed by atoms with Crippen LogP contribution in [0.2, 0.25) is 10.0 Å². The second kappa shape index (κ2) is 6.81. The summed E-state index contributed by atoms with van der Waals surface area (Å²) in [5.74, 6) is 0. The van der Waals surface area contributed by atoms with Crippen molar-refractivity contribution in [3.8, 4) is 0 Å². The van der Waals surface area contributed by atoms with Crippen LogP contribution in [0.3, 0.4) is 0 Å². The first-order chi connectivity index (χ1) is 8.77. The summed E-state index contributed by atoms with van der Waals surface area (Å²) in [5, 5.41) is 2.99. The first-order valence-electron chi connectivity index (χ1n) is 5.18. The number of halogens is 4. The Morgan fingerprint density at radius 1 is 1.26 bits per heavy atom. The molecule has 9 heteroatoms. The van der Waals surface area contributed by atoms with Gasteiger partial charge in [-0.25, -0.2) is 21.9 Å². The normalized spacial score (nSPS) is 12.1. The number of nitrogens with one attached hydrogen (secondary N) is 2. The number of hydrogen-bond donors (Lipinski definition) is 2. The minimum atomic E-state index is -4.09. The Morgan fingerprint density at radius 3 is 2.42 bits per heavy atom. The van der Waals surface area contributed by atoms with Crippen LogP contribution in [0.15, 0.2) is 17.0 Å². The van der Waals surface area contributed by atoms with Crippen molar-refractivity contribution in [3.05, 3.63) is 27.7 Å². The zero-order chi connectivity index (χ0) is 14.6. The van der Waals surface area contributed by atoms with E-state index in [0.717, 1.165) is 0 Å². The van der Waals surface area contributed by atoms with Crippen molar-refractivity contribution in [1.29, 1.82) is 0 Å². The van der Waals surface area contributed by atoms with Crippen LogP contribution in [0.5, 0.6) is 0 Å². The number of alkyl halides is 2. The average molecular weight is 333 g/mol. The van der Waals surface area contributed by atoms with Crippen LogP contribution >= 0.6 is 23.2 Å². The zero-order valence-electron chi connectivity index (χ0n) is 9.88. The molecule has 0 amide bonds. The molecular weight excluding hydrogens is 321 g/mol. The lowest BCUT2D eigenvalue weighted by atomic mass is 10.2. The van der Waals surface area contributed by atoms with E-state index in [2.05, 4.69) is 5.32 Å². The molecule has 19 heavy (non-hydrogen) atoms. The first kappa shape index (κ1) is 16.6. The van der Waals surface area contributed by atoms with Gasteiger partial charge >= 0.3 is 0 Å². The Bertz CT molecular complexity index is 553. The van der Waals surface area contributed by atoms with E-state index >= 15 is 0 Å². The monoisotopic (exact) mass is 332 g/mol. The summed E-state index contributed by atoms with van der Waals surface area (Å²) >= 11 is 11.7. The second-order valence-corrected chi connectivity index (χ2v) is 6.20. The molecule has 0 unspecified atom stereocenters. The van der Waals surface area contributed by atoms with Crippen molar-refractivity contribution in [3.63, 3.8) is 0 Å². The van der Waals surface area contributed by atoms with E-state index in [1.165, 1.54) is 12.1 Å². The van der Waals surface area contributed by atoms with Crippen molar-refractivity contribution < 1.29 is 17.2 Å². The fourth-order valence-electron chi connectivity index (χ4n) is 1.35. The molecule has 1 aromatic rings. The molecule has 0 atom stereocenters. The van der Waals surface area contributed by atoms with Crippen molar-refractivity contribution in [2.24, 2.45) is 0 Å². The molecule has 0 heterocycles. The standard InChI is InChI=1S/C10H12Cl2F2N2O2S/c1-15-4-6-2-9(8(12)3-7(6)11)19(17,18)16-5-10(13)14/h2-3,10,15-16H,4-5H2,1H3. The van der Waals surface area contributed by atoms with Crippen molar-refractivity contribution >= 4 is 33.2 Å². The largest absolute Gasteiger partial charge is 0.316 e. The lowest BCUT2D eigenvalue weighted by Crippen LogP contribution is -2.29. The molecule has 0 saturated carbocycles. The van der Waals surface area contributed by atoms with Gasteiger partial charge in [0.25, 0.3) is 6.43 Å². The Hall–Kier alpha value is -0.470. The predicted molar refractivity (Wildman–Crippen MR) is 70.4 cm³/mol. The number of rotatable bonds is 6. The van der Waals surface area contributed by atoms with Crippen LogP contribution in [-0.4, -0.2) is 28.4 Å². The molecule has 0 spiro atoms. The van der Waals surface area contributed by atoms with Crippen LogP contribution in [0.4, 0.5) is 8.78 Å². The maximum atomic E-state index is 12.1. The van der Waals surface area contributed by atoms with Crippen LogP contribution in [0.1, 0.15) is 5.56 Å². The van der Waals surface area contributed by atoms with E-state index in [1.54, 1.807) is 11.8 Å².